The van der Waals surface area contributed by atoms with E-state index in [9.17, 15) is 0 Å². The first-order valence-corrected chi connectivity index (χ1v) is 7.47. The Bertz CT molecular complexity index is 687. The van der Waals surface area contributed by atoms with Crippen LogP contribution in [0.5, 0.6) is 0 Å². The summed E-state index contributed by atoms with van der Waals surface area (Å²) < 4.78 is 2.40. The molecule has 0 atom stereocenters. The number of hydrogen-bond acceptors (Lipinski definition) is 1. The van der Waals surface area contributed by atoms with Crippen molar-refractivity contribution < 1.29 is 0 Å². The molecule has 2 aromatic rings. The van der Waals surface area contributed by atoms with Crippen molar-refractivity contribution in [3.8, 4) is 0 Å². The van der Waals surface area contributed by atoms with Crippen LogP contribution in [-0.4, -0.2) is 10.1 Å². The first-order valence-electron chi connectivity index (χ1n) is 7.47. The number of aromatic nitrogens is 1. The monoisotopic (exact) mass is 268 g/mol. The molecular weight excluding hydrogens is 244 g/mol. The van der Waals surface area contributed by atoms with Crippen molar-refractivity contribution in [2.75, 3.05) is 5.32 Å². The van der Waals surface area contributed by atoms with Crippen LogP contribution in [0.1, 0.15) is 40.2 Å². The zero-order valence-electron chi connectivity index (χ0n) is 13.1. The maximum absolute atomic E-state index is 3.67. The zero-order valence-corrected chi connectivity index (χ0v) is 13.1. The fourth-order valence-corrected chi connectivity index (χ4v) is 3.30. The molecule has 2 nitrogen and oxygen atoms in total. The molecule has 0 amide bonds. The molecule has 0 radical (unpaired) electrons. The topological polar surface area (TPSA) is 17.0 Å². The largest absolute Gasteiger partial charge is 0.376 e. The SMILES string of the molecule is CC1=CC(C)(C)Nc2cccc3c2c1cn3CC(C)C. The zero-order chi connectivity index (χ0) is 14.5. The summed E-state index contributed by atoms with van der Waals surface area (Å²) in [4.78, 5) is 0. The number of rotatable bonds is 2. The van der Waals surface area contributed by atoms with E-state index >= 15 is 0 Å². The second kappa shape index (κ2) is 4.41. The fraction of sp³-hybridized carbons (Fsp3) is 0.444. The molecule has 1 aliphatic rings. The maximum Gasteiger partial charge on any atom is 0.0507 e. The van der Waals surface area contributed by atoms with Gasteiger partial charge in [-0.1, -0.05) is 26.0 Å². The van der Waals surface area contributed by atoms with Crippen LogP contribution < -0.4 is 5.32 Å². The van der Waals surface area contributed by atoms with Crippen molar-refractivity contribution >= 4 is 22.2 Å². The Morgan fingerprint density at radius 1 is 1.25 bits per heavy atom. The average molecular weight is 268 g/mol. The minimum absolute atomic E-state index is 0.00668. The third-order valence-corrected chi connectivity index (χ3v) is 3.93. The van der Waals surface area contributed by atoms with Crippen molar-refractivity contribution in [1.82, 2.24) is 4.57 Å². The molecule has 3 rings (SSSR count). The lowest BCUT2D eigenvalue weighted by atomic mass is 10.0. The summed E-state index contributed by atoms with van der Waals surface area (Å²) in [7, 11) is 0. The Balaban J connectivity index is 2.28. The first kappa shape index (κ1) is 13.3. The van der Waals surface area contributed by atoms with Gasteiger partial charge in [0.2, 0.25) is 0 Å². The van der Waals surface area contributed by atoms with Crippen molar-refractivity contribution in [3.63, 3.8) is 0 Å². The summed E-state index contributed by atoms with van der Waals surface area (Å²) >= 11 is 0. The van der Waals surface area contributed by atoms with Crippen LogP contribution >= 0.6 is 0 Å². The lowest BCUT2D eigenvalue weighted by molar-refractivity contribution is 0.535. The lowest BCUT2D eigenvalue weighted by Crippen LogP contribution is -2.27. The Morgan fingerprint density at radius 3 is 2.70 bits per heavy atom. The van der Waals surface area contributed by atoms with Crippen molar-refractivity contribution in [3.05, 3.63) is 36.0 Å². The van der Waals surface area contributed by atoms with Crippen LogP contribution in [0.15, 0.2) is 30.5 Å². The van der Waals surface area contributed by atoms with Gasteiger partial charge in [-0.05, 0) is 44.4 Å². The highest BCUT2D eigenvalue weighted by molar-refractivity contribution is 6.02. The van der Waals surface area contributed by atoms with Crippen LogP contribution in [-0.2, 0) is 6.54 Å². The molecule has 2 heterocycles. The van der Waals surface area contributed by atoms with Gasteiger partial charge in [0.1, 0.15) is 0 Å². The second-order valence-electron chi connectivity index (χ2n) is 6.96. The molecule has 1 N–H and O–H groups in total. The highest BCUT2D eigenvalue weighted by Gasteiger charge is 2.23. The number of allylic oxidation sites excluding steroid dienone is 1. The number of hydrogen-bond donors (Lipinski definition) is 1. The van der Waals surface area contributed by atoms with Crippen LogP contribution in [0.2, 0.25) is 0 Å². The van der Waals surface area contributed by atoms with E-state index in [-0.39, 0.29) is 5.54 Å². The molecule has 0 unspecified atom stereocenters. The number of anilines is 1. The third kappa shape index (κ3) is 2.13. The highest BCUT2D eigenvalue weighted by Crippen LogP contribution is 2.38. The van der Waals surface area contributed by atoms with E-state index in [0.29, 0.717) is 5.92 Å². The molecule has 0 spiro atoms. The molecule has 20 heavy (non-hydrogen) atoms. The van der Waals surface area contributed by atoms with Gasteiger partial charge in [0.25, 0.3) is 0 Å². The Morgan fingerprint density at radius 2 is 2.00 bits per heavy atom. The van der Waals surface area contributed by atoms with Gasteiger partial charge in [-0.15, -0.1) is 0 Å². The molecule has 106 valence electrons. The number of nitrogens with one attached hydrogen (secondary N) is 1. The average Bonchev–Trinajstić information content (AvgIpc) is 2.63. The minimum Gasteiger partial charge on any atom is -0.376 e. The standard InChI is InChI=1S/C18H24N2/c1-12(2)10-20-11-14-13(3)9-18(4,5)19-15-7-6-8-16(20)17(14)15/h6-9,11-12,19H,10H2,1-5H3. The van der Waals surface area contributed by atoms with Crippen molar-refractivity contribution in [1.29, 1.82) is 0 Å². The summed E-state index contributed by atoms with van der Waals surface area (Å²) in [5.74, 6) is 0.652. The van der Waals surface area contributed by atoms with Crippen LogP contribution in [0.3, 0.4) is 0 Å². The van der Waals surface area contributed by atoms with Crippen LogP contribution in [0.4, 0.5) is 5.69 Å². The maximum atomic E-state index is 3.67. The molecule has 2 heteroatoms. The predicted octanol–water partition coefficient (Wildman–Crippen LogP) is 4.90. The Kier molecular flexibility index (Phi) is 2.93. The van der Waals surface area contributed by atoms with E-state index < -0.39 is 0 Å². The van der Waals surface area contributed by atoms with E-state index in [1.807, 2.05) is 0 Å². The van der Waals surface area contributed by atoms with E-state index in [0.717, 1.165) is 6.54 Å². The van der Waals surface area contributed by atoms with Gasteiger partial charge in [-0.3, -0.25) is 0 Å². The van der Waals surface area contributed by atoms with Crippen molar-refractivity contribution in [2.45, 2.75) is 46.7 Å². The molecule has 0 fully saturated rings. The van der Waals surface area contributed by atoms with Gasteiger partial charge in [0.15, 0.2) is 0 Å². The molecular formula is C18H24N2. The van der Waals surface area contributed by atoms with E-state index in [1.54, 1.807) is 0 Å². The van der Waals surface area contributed by atoms with E-state index in [2.05, 4.69) is 75.0 Å². The number of nitrogens with zero attached hydrogens (tertiary/aromatic N) is 1. The summed E-state index contributed by atoms with van der Waals surface area (Å²) in [6.07, 6.45) is 4.66. The van der Waals surface area contributed by atoms with Gasteiger partial charge in [0, 0.05) is 29.4 Å². The van der Waals surface area contributed by atoms with Gasteiger partial charge < -0.3 is 9.88 Å². The molecule has 1 aliphatic heterocycles. The lowest BCUT2D eigenvalue weighted by Gasteiger charge is -2.23. The van der Waals surface area contributed by atoms with Gasteiger partial charge in [-0.25, -0.2) is 0 Å². The van der Waals surface area contributed by atoms with Gasteiger partial charge in [-0.2, -0.15) is 0 Å². The predicted molar refractivity (Wildman–Crippen MR) is 88.1 cm³/mol. The van der Waals surface area contributed by atoms with Crippen LogP contribution in [0, 0.1) is 5.92 Å². The molecule has 0 bridgehead atoms. The second-order valence-corrected chi connectivity index (χ2v) is 6.96. The quantitative estimate of drug-likeness (QED) is 0.819. The van der Waals surface area contributed by atoms with E-state index in [1.165, 1.54) is 27.7 Å². The molecule has 1 aromatic carbocycles. The fourth-order valence-electron chi connectivity index (χ4n) is 3.30. The van der Waals surface area contributed by atoms with Crippen molar-refractivity contribution in [2.24, 2.45) is 5.92 Å². The summed E-state index contributed by atoms with van der Waals surface area (Å²) in [6, 6.07) is 6.58. The Hall–Kier alpha value is -1.70. The number of benzene rings is 1. The molecule has 0 saturated heterocycles. The van der Waals surface area contributed by atoms with Gasteiger partial charge in [0.05, 0.1) is 11.1 Å². The summed E-state index contributed by atoms with van der Waals surface area (Å²) in [5.41, 5.74) is 5.31. The van der Waals surface area contributed by atoms with Gasteiger partial charge >= 0.3 is 0 Å². The highest BCUT2D eigenvalue weighted by atomic mass is 15.0. The molecule has 1 aromatic heterocycles. The third-order valence-electron chi connectivity index (χ3n) is 3.93. The molecule has 0 saturated carbocycles. The summed E-state index contributed by atoms with van der Waals surface area (Å²) in [6.45, 7) is 12.3. The Labute approximate surface area is 121 Å². The smallest absolute Gasteiger partial charge is 0.0507 e. The normalized spacial score (nSPS) is 17.0. The van der Waals surface area contributed by atoms with E-state index in [4.69, 9.17) is 0 Å². The minimum atomic E-state index is -0.00668. The van der Waals surface area contributed by atoms with Crippen LogP contribution in [0.25, 0.3) is 16.5 Å². The first-order chi connectivity index (χ1) is 9.37. The summed E-state index contributed by atoms with van der Waals surface area (Å²) in [5, 5.41) is 5.04. The molecule has 0 aliphatic carbocycles.